The molecular weight excluding hydrogens is 231 g/mol. The number of halogens is 4. The van der Waals surface area contributed by atoms with Crippen molar-refractivity contribution in [1.29, 1.82) is 0 Å². The smallest absolute Gasteiger partial charge is 0.397 e. The summed E-state index contributed by atoms with van der Waals surface area (Å²) >= 11 is 0. The van der Waals surface area contributed by atoms with E-state index in [0.29, 0.717) is 0 Å². The van der Waals surface area contributed by atoms with Gasteiger partial charge >= 0.3 is 6.18 Å². The maximum atomic E-state index is 12.1. The molecule has 0 amide bonds. The molecule has 0 radical (unpaired) electrons. The van der Waals surface area contributed by atoms with E-state index in [0.717, 1.165) is 0 Å². The summed E-state index contributed by atoms with van der Waals surface area (Å²) in [5.41, 5.74) is 10.8. The Hall–Kier alpha value is -1.01. The zero-order valence-corrected chi connectivity index (χ0v) is 8.48. The van der Waals surface area contributed by atoms with Gasteiger partial charge in [0.2, 0.25) is 0 Å². The number of pyridine rings is 1. The van der Waals surface area contributed by atoms with Crippen LogP contribution in [0, 0.1) is 0 Å². The van der Waals surface area contributed by atoms with Crippen LogP contribution in [-0.4, -0.2) is 17.2 Å². The molecule has 0 aliphatic heterocycles. The zero-order valence-electron chi connectivity index (χ0n) is 7.66. The number of alkyl halides is 3. The highest BCUT2D eigenvalue weighted by Gasteiger charge is 2.37. The van der Waals surface area contributed by atoms with E-state index < -0.39 is 18.6 Å². The number of anilines is 1. The van der Waals surface area contributed by atoms with Crippen LogP contribution in [0.15, 0.2) is 18.3 Å². The molecule has 0 bridgehead atoms. The van der Waals surface area contributed by atoms with Crippen LogP contribution in [0.25, 0.3) is 0 Å². The molecule has 1 aromatic heterocycles. The fourth-order valence-corrected chi connectivity index (χ4v) is 0.945. The van der Waals surface area contributed by atoms with Gasteiger partial charge in [-0.15, -0.1) is 12.4 Å². The standard InChI is InChI=1S/C8H10F3N3.ClH/c9-8(10,11)7(13)4-6-5(12)2-1-3-14-6;/h1-3,7H,4,12-13H2;1H. The van der Waals surface area contributed by atoms with Crippen molar-refractivity contribution in [3.63, 3.8) is 0 Å². The van der Waals surface area contributed by atoms with Gasteiger partial charge in [-0.05, 0) is 12.1 Å². The van der Waals surface area contributed by atoms with E-state index in [1.807, 2.05) is 0 Å². The van der Waals surface area contributed by atoms with Crippen molar-refractivity contribution in [2.45, 2.75) is 18.6 Å². The third-order valence-corrected chi connectivity index (χ3v) is 1.76. The predicted molar refractivity (Wildman–Crippen MR) is 53.6 cm³/mol. The molecule has 7 heteroatoms. The molecule has 0 aromatic carbocycles. The van der Waals surface area contributed by atoms with Gasteiger partial charge in [0.05, 0.1) is 11.4 Å². The highest BCUT2D eigenvalue weighted by atomic mass is 35.5. The van der Waals surface area contributed by atoms with Gasteiger partial charge in [0.15, 0.2) is 0 Å². The summed E-state index contributed by atoms with van der Waals surface area (Å²) in [6, 6.07) is 1.13. The quantitative estimate of drug-likeness (QED) is 0.825. The lowest BCUT2D eigenvalue weighted by molar-refractivity contribution is -0.147. The Morgan fingerprint density at radius 3 is 2.47 bits per heavy atom. The lowest BCUT2D eigenvalue weighted by Crippen LogP contribution is -2.39. The van der Waals surface area contributed by atoms with Crippen molar-refractivity contribution < 1.29 is 13.2 Å². The van der Waals surface area contributed by atoms with E-state index >= 15 is 0 Å². The molecule has 1 atom stereocenters. The fraction of sp³-hybridized carbons (Fsp3) is 0.375. The minimum Gasteiger partial charge on any atom is -0.397 e. The SMILES string of the molecule is Cl.Nc1cccnc1CC(N)C(F)(F)F. The summed E-state index contributed by atoms with van der Waals surface area (Å²) < 4.78 is 36.2. The average molecular weight is 242 g/mol. The van der Waals surface area contributed by atoms with E-state index in [2.05, 4.69) is 4.98 Å². The molecule has 1 rings (SSSR count). The molecule has 0 aliphatic rings. The summed E-state index contributed by atoms with van der Waals surface area (Å²) in [5, 5.41) is 0. The number of nitrogens with two attached hydrogens (primary N) is 2. The van der Waals surface area contributed by atoms with Crippen LogP contribution in [0.2, 0.25) is 0 Å². The van der Waals surface area contributed by atoms with Gasteiger partial charge in [0.25, 0.3) is 0 Å². The van der Waals surface area contributed by atoms with Gasteiger partial charge in [-0.25, -0.2) is 0 Å². The first-order chi connectivity index (χ1) is 6.41. The minimum atomic E-state index is -4.41. The molecule has 0 fully saturated rings. The fourth-order valence-electron chi connectivity index (χ4n) is 0.945. The minimum absolute atomic E-state index is 0. The van der Waals surface area contributed by atoms with Gasteiger partial charge in [-0.1, -0.05) is 0 Å². The first-order valence-corrected chi connectivity index (χ1v) is 3.93. The van der Waals surface area contributed by atoms with Crippen LogP contribution in [0.4, 0.5) is 18.9 Å². The lowest BCUT2D eigenvalue weighted by atomic mass is 10.1. The van der Waals surface area contributed by atoms with Crippen molar-refractivity contribution in [3.05, 3.63) is 24.0 Å². The molecule has 86 valence electrons. The first kappa shape index (κ1) is 14.0. The van der Waals surface area contributed by atoms with E-state index in [1.54, 1.807) is 6.07 Å². The summed E-state index contributed by atoms with van der Waals surface area (Å²) in [4.78, 5) is 3.73. The van der Waals surface area contributed by atoms with Crippen LogP contribution >= 0.6 is 12.4 Å². The van der Waals surface area contributed by atoms with Crippen molar-refractivity contribution in [2.24, 2.45) is 5.73 Å². The van der Waals surface area contributed by atoms with Crippen LogP contribution < -0.4 is 11.5 Å². The highest BCUT2D eigenvalue weighted by Crippen LogP contribution is 2.22. The molecular formula is C8H11ClF3N3. The topological polar surface area (TPSA) is 64.9 Å². The molecule has 1 unspecified atom stereocenters. The van der Waals surface area contributed by atoms with Gasteiger partial charge in [0.1, 0.15) is 6.04 Å². The molecule has 0 aliphatic carbocycles. The Labute approximate surface area is 91.1 Å². The summed E-state index contributed by atoms with van der Waals surface area (Å²) in [6.45, 7) is 0. The van der Waals surface area contributed by atoms with E-state index in [9.17, 15) is 13.2 Å². The maximum absolute atomic E-state index is 12.1. The summed E-state index contributed by atoms with van der Waals surface area (Å²) in [7, 11) is 0. The number of nitrogens with zero attached hydrogens (tertiary/aromatic N) is 1. The largest absolute Gasteiger partial charge is 0.404 e. The Morgan fingerprint density at radius 2 is 2.00 bits per heavy atom. The Kier molecular flexibility index (Phi) is 4.83. The first-order valence-electron chi connectivity index (χ1n) is 3.93. The normalized spacial score (nSPS) is 13.1. The molecule has 1 heterocycles. The van der Waals surface area contributed by atoms with Crippen LogP contribution in [0.3, 0.4) is 0 Å². The molecule has 0 saturated carbocycles. The summed E-state index contributed by atoms with van der Waals surface area (Å²) in [6.07, 6.45) is -3.42. The molecule has 0 spiro atoms. The third-order valence-electron chi connectivity index (χ3n) is 1.76. The van der Waals surface area contributed by atoms with Gasteiger partial charge in [-0.2, -0.15) is 13.2 Å². The van der Waals surface area contributed by atoms with Crippen LogP contribution in [0.1, 0.15) is 5.69 Å². The van der Waals surface area contributed by atoms with Gasteiger partial charge < -0.3 is 11.5 Å². The molecule has 3 nitrogen and oxygen atoms in total. The lowest BCUT2D eigenvalue weighted by Gasteiger charge is -2.15. The molecule has 1 aromatic rings. The van der Waals surface area contributed by atoms with E-state index in [-0.39, 0.29) is 23.8 Å². The Bertz CT molecular complexity index is 316. The predicted octanol–water partition coefficient (Wildman–Crippen LogP) is 1.52. The monoisotopic (exact) mass is 241 g/mol. The number of aromatic nitrogens is 1. The van der Waals surface area contributed by atoms with Gasteiger partial charge in [0, 0.05) is 12.6 Å². The maximum Gasteiger partial charge on any atom is 0.404 e. The highest BCUT2D eigenvalue weighted by molar-refractivity contribution is 5.85. The van der Waals surface area contributed by atoms with Crippen molar-refractivity contribution in [1.82, 2.24) is 4.98 Å². The zero-order chi connectivity index (χ0) is 10.8. The molecule has 0 saturated heterocycles. The van der Waals surface area contributed by atoms with E-state index in [4.69, 9.17) is 11.5 Å². The third kappa shape index (κ3) is 3.93. The number of hydrogen-bond donors (Lipinski definition) is 2. The second-order valence-corrected chi connectivity index (χ2v) is 2.89. The van der Waals surface area contributed by atoms with E-state index in [1.165, 1.54) is 12.3 Å². The number of nitrogen functional groups attached to an aromatic ring is 1. The van der Waals surface area contributed by atoms with Crippen LogP contribution in [-0.2, 0) is 6.42 Å². The van der Waals surface area contributed by atoms with Crippen molar-refractivity contribution in [2.75, 3.05) is 5.73 Å². The average Bonchev–Trinajstić information content (AvgIpc) is 2.07. The number of rotatable bonds is 2. The van der Waals surface area contributed by atoms with Crippen molar-refractivity contribution >= 4 is 18.1 Å². The second-order valence-electron chi connectivity index (χ2n) is 2.89. The van der Waals surface area contributed by atoms with Crippen molar-refractivity contribution in [3.8, 4) is 0 Å². The van der Waals surface area contributed by atoms with Gasteiger partial charge in [-0.3, -0.25) is 4.98 Å². The Balaban J connectivity index is 0.00000196. The second kappa shape index (κ2) is 5.18. The van der Waals surface area contributed by atoms with Crippen LogP contribution in [0.5, 0.6) is 0 Å². The Morgan fingerprint density at radius 1 is 1.40 bits per heavy atom. The summed E-state index contributed by atoms with van der Waals surface area (Å²) in [5.74, 6) is 0. The molecule has 4 N–H and O–H groups in total. The number of hydrogen-bond acceptors (Lipinski definition) is 3. The molecule has 15 heavy (non-hydrogen) atoms.